The maximum absolute atomic E-state index is 11.3. The van der Waals surface area contributed by atoms with Gasteiger partial charge in [-0.3, -0.25) is 0 Å². The maximum atomic E-state index is 11.3. The largest absolute Gasteiger partial charge is 0.465 e. The molecule has 0 heterocycles. The van der Waals surface area contributed by atoms with Crippen molar-refractivity contribution in [3.8, 4) is 6.07 Å². The lowest BCUT2D eigenvalue weighted by molar-refractivity contribution is 0.0602. The molecule has 4 heteroatoms. The Morgan fingerprint density at radius 1 is 1.62 bits per heavy atom. The van der Waals surface area contributed by atoms with Crippen molar-refractivity contribution in [3.63, 3.8) is 0 Å². The van der Waals surface area contributed by atoms with Gasteiger partial charge in [0, 0.05) is 0 Å². The van der Waals surface area contributed by atoms with Crippen LogP contribution in [0.3, 0.4) is 0 Å². The predicted molar refractivity (Wildman–Crippen MR) is 61.5 cm³/mol. The van der Waals surface area contributed by atoms with E-state index in [0.29, 0.717) is 23.2 Å². The minimum Gasteiger partial charge on any atom is -0.465 e. The zero-order valence-corrected chi connectivity index (χ0v) is 8.93. The number of esters is 1. The van der Waals surface area contributed by atoms with Gasteiger partial charge < -0.3 is 10.5 Å². The van der Waals surface area contributed by atoms with Crippen molar-refractivity contribution in [1.82, 2.24) is 0 Å². The number of nitrogens with zero attached hydrogens (tertiary/aromatic N) is 1. The lowest BCUT2D eigenvalue weighted by atomic mass is 10.1. The number of benzene rings is 1. The first-order valence-corrected chi connectivity index (χ1v) is 4.71. The summed E-state index contributed by atoms with van der Waals surface area (Å²) < 4.78 is 4.60. The van der Waals surface area contributed by atoms with Crippen molar-refractivity contribution in [3.05, 3.63) is 35.4 Å². The molecule has 0 unspecified atom stereocenters. The van der Waals surface area contributed by atoms with Gasteiger partial charge in [-0.1, -0.05) is 24.3 Å². The average molecular weight is 216 g/mol. The van der Waals surface area contributed by atoms with Crippen LogP contribution < -0.4 is 5.73 Å². The monoisotopic (exact) mass is 216 g/mol. The van der Waals surface area contributed by atoms with Gasteiger partial charge in [0.1, 0.15) is 0 Å². The molecular formula is C12H12N2O2. The first-order valence-electron chi connectivity index (χ1n) is 4.71. The molecule has 0 aliphatic heterocycles. The molecule has 0 aliphatic rings. The molecule has 82 valence electrons. The summed E-state index contributed by atoms with van der Waals surface area (Å²) in [5.74, 6) is -0.465. The Labute approximate surface area is 93.9 Å². The summed E-state index contributed by atoms with van der Waals surface area (Å²) in [6.45, 7) is 0. The zero-order chi connectivity index (χ0) is 12.0. The summed E-state index contributed by atoms with van der Waals surface area (Å²) in [7, 11) is 1.31. The van der Waals surface area contributed by atoms with E-state index in [2.05, 4.69) is 4.74 Å². The number of nitriles is 1. The Hall–Kier alpha value is -2.28. The molecule has 0 aromatic heterocycles. The van der Waals surface area contributed by atoms with E-state index in [1.165, 1.54) is 7.11 Å². The SMILES string of the molecule is COC(=O)c1cccc(C=CCC#N)c1N. The number of hydrogen-bond donors (Lipinski definition) is 1. The molecule has 0 amide bonds. The fourth-order valence-corrected chi connectivity index (χ4v) is 1.25. The lowest BCUT2D eigenvalue weighted by Gasteiger charge is -2.06. The number of anilines is 1. The molecule has 16 heavy (non-hydrogen) atoms. The van der Waals surface area contributed by atoms with Gasteiger partial charge in [-0.2, -0.15) is 5.26 Å². The van der Waals surface area contributed by atoms with E-state index < -0.39 is 5.97 Å². The Bertz CT molecular complexity index is 459. The van der Waals surface area contributed by atoms with E-state index in [1.807, 2.05) is 6.07 Å². The summed E-state index contributed by atoms with van der Waals surface area (Å²) in [6, 6.07) is 7.08. The second-order valence-electron chi connectivity index (χ2n) is 3.06. The third kappa shape index (κ3) is 2.61. The molecule has 0 radical (unpaired) electrons. The molecule has 0 aliphatic carbocycles. The zero-order valence-electron chi connectivity index (χ0n) is 8.93. The molecule has 0 fully saturated rings. The number of carbonyl (C=O) groups is 1. The molecule has 0 spiro atoms. The number of nitrogens with two attached hydrogens (primary N) is 1. The van der Waals surface area contributed by atoms with Crippen LogP contribution in [-0.2, 0) is 4.74 Å². The summed E-state index contributed by atoms with van der Waals surface area (Å²) in [5, 5.41) is 8.39. The van der Waals surface area contributed by atoms with Crippen LogP contribution in [0, 0.1) is 11.3 Å². The number of nitrogen functional groups attached to an aromatic ring is 1. The van der Waals surface area contributed by atoms with Gasteiger partial charge >= 0.3 is 5.97 Å². The van der Waals surface area contributed by atoms with E-state index in [1.54, 1.807) is 30.4 Å². The average Bonchev–Trinajstić information content (AvgIpc) is 2.30. The lowest BCUT2D eigenvalue weighted by Crippen LogP contribution is -2.06. The number of ether oxygens (including phenoxy) is 1. The van der Waals surface area contributed by atoms with Crippen LogP contribution in [0.2, 0.25) is 0 Å². The fraction of sp³-hybridized carbons (Fsp3) is 0.167. The summed E-state index contributed by atoms with van der Waals surface area (Å²) >= 11 is 0. The minimum atomic E-state index is -0.465. The minimum absolute atomic E-state index is 0.307. The highest BCUT2D eigenvalue weighted by Gasteiger charge is 2.10. The van der Waals surface area contributed by atoms with E-state index in [0.717, 1.165) is 0 Å². The van der Waals surface area contributed by atoms with Crippen LogP contribution in [0.15, 0.2) is 24.3 Å². The molecule has 0 saturated heterocycles. The fourth-order valence-electron chi connectivity index (χ4n) is 1.25. The highest BCUT2D eigenvalue weighted by atomic mass is 16.5. The number of carbonyl (C=O) groups excluding carboxylic acids is 1. The number of methoxy groups -OCH3 is 1. The van der Waals surface area contributed by atoms with Gasteiger partial charge in [-0.05, 0) is 11.6 Å². The van der Waals surface area contributed by atoms with Gasteiger partial charge in [-0.15, -0.1) is 0 Å². The van der Waals surface area contributed by atoms with Crippen molar-refractivity contribution < 1.29 is 9.53 Å². The quantitative estimate of drug-likeness (QED) is 0.619. The van der Waals surface area contributed by atoms with Gasteiger partial charge in [0.15, 0.2) is 0 Å². The highest BCUT2D eigenvalue weighted by Crippen LogP contribution is 2.19. The van der Waals surface area contributed by atoms with E-state index in [-0.39, 0.29) is 0 Å². The van der Waals surface area contributed by atoms with Crippen LogP contribution in [0.4, 0.5) is 5.69 Å². The van der Waals surface area contributed by atoms with Crippen molar-refractivity contribution in [2.45, 2.75) is 6.42 Å². The number of allylic oxidation sites excluding steroid dienone is 1. The number of rotatable bonds is 3. The topological polar surface area (TPSA) is 76.1 Å². The van der Waals surface area contributed by atoms with E-state index >= 15 is 0 Å². The van der Waals surface area contributed by atoms with Gasteiger partial charge in [0.2, 0.25) is 0 Å². The molecule has 0 atom stereocenters. The Balaban J connectivity index is 3.05. The van der Waals surface area contributed by atoms with Crippen molar-refractivity contribution in [1.29, 1.82) is 5.26 Å². The second-order valence-corrected chi connectivity index (χ2v) is 3.06. The summed E-state index contributed by atoms with van der Waals surface area (Å²) in [6.07, 6.45) is 3.71. The third-order valence-electron chi connectivity index (χ3n) is 2.05. The molecule has 1 aromatic rings. The van der Waals surface area contributed by atoms with Crippen LogP contribution in [0.25, 0.3) is 6.08 Å². The van der Waals surface area contributed by atoms with Crippen molar-refractivity contribution in [2.24, 2.45) is 0 Å². The van der Waals surface area contributed by atoms with Crippen molar-refractivity contribution in [2.75, 3.05) is 12.8 Å². The molecule has 2 N–H and O–H groups in total. The van der Waals surface area contributed by atoms with Crippen molar-refractivity contribution >= 4 is 17.7 Å². The molecule has 0 saturated carbocycles. The summed E-state index contributed by atoms with van der Waals surface area (Å²) in [4.78, 5) is 11.3. The third-order valence-corrected chi connectivity index (χ3v) is 2.05. The summed E-state index contributed by atoms with van der Waals surface area (Å²) in [5.41, 5.74) is 7.21. The van der Waals surface area contributed by atoms with E-state index in [4.69, 9.17) is 11.0 Å². The van der Waals surface area contributed by atoms with Gasteiger partial charge in [-0.25, -0.2) is 4.79 Å². The molecular weight excluding hydrogens is 204 g/mol. The molecule has 0 bridgehead atoms. The number of hydrogen-bond acceptors (Lipinski definition) is 4. The molecule has 1 aromatic carbocycles. The first kappa shape index (κ1) is 11.8. The number of para-hydroxylation sites is 1. The standard InChI is InChI=1S/C12H12N2O2/c1-16-12(15)10-7-4-6-9(11(10)14)5-2-3-8-13/h2,4-7H,3,14H2,1H3. The van der Waals surface area contributed by atoms with Crippen LogP contribution in [0.5, 0.6) is 0 Å². The Morgan fingerprint density at radius 2 is 2.38 bits per heavy atom. The van der Waals surface area contributed by atoms with E-state index in [9.17, 15) is 4.79 Å². The Kier molecular flexibility index (Phi) is 4.10. The first-order chi connectivity index (χ1) is 7.70. The normalized spacial score (nSPS) is 10.0. The Morgan fingerprint density at radius 3 is 3.00 bits per heavy atom. The smallest absolute Gasteiger partial charge is 0.339 e. The highest BCUT2D eigenvalue weighted by molar-refractivity contribution is 5.97. The predicted octanol–water partition coefficient (Wildman–Crippen LogP) is 1.98. The van der Waals surface area contributed by atoms with Gasteiger partial charge in [0.25, 0.3) is 0 Å². The molecule has 4 nitrogen and oxygen atoms in total. The van der Waals surface area contributed by atoms with Crippen LogP contribution in [0.1, 0.15) is 22.3 Å². The van der Waals surface area contributed by atoms with Crippen LogP contribution >= 0.6 is 0 Å². The van der Waals surface area contributed by atoms with Gasteiger partial charge in [0.05, 0.1) is 30.9 Å². The maximum Gasteiger partial charge on any atom is 0.339 e. The van der Waals surface area contributed by atoms with Crippen LogP contribution in [-0.4, -0.2) is 13.1 Å². The second kappa shape index (κ2) is 5.56. The molecule has 1 rings (SSSR count).